The first kappa shape index (κ1) is 26.7. The smallest absolute Gasteiger partial charge is 0.259 e. The van der Waals surface area contributed by atoms with Crippen LogP contribution in [0.2, 0.25) is 0 Å². The Morgan fingerprint density at radius 1 is 1.27 bits per heavy atom. The number of fused-ring (bicyclic) bond motifs is 1. The number of hydrogen-bond donors (Lipinski definition) is 3. The van der Waals surface area contributed by atoms with E-state index >= 15 is 0 Å². The summed E-state index contributed by atoms with van der Waals surface area (Å²) < 4.78 is 6.85. The molecule has 3 heterocycles. The fourth-order valence-electron chi connectivity index (χ4n) is 4.53. The van der Waals surface area contributed by atoms with Gasteiger partial charge in [-0.05, 0) is 44.4 Å². The third-order valence-corrected chi connectivity index (χ3v) is 7.88. The molecule has 1 aliphatic heterocycles. The number of carbonyl (C=O) groups excluding carboxylic acids is 1. The van der Waals surface area contributed by atoms with E-state index in [0.717, 1.165) is 56.5 Å². The molecule has 1 aromatic carbocycles. The van der Waals surface area contributed by atoms with Gasteiger partial charge in [0.1, 0.15) is 5.65 Å². The Morgan fingerprint density at radius 3 is 2.73 bits per heavy atom. The van der Waals surface area contributed by atoms with E-state index in [0.29, 0.717) is 34.3 Å². The summed E-state index contributed by atoms with van der Waals surface area (Å²) in [6.07, 6.45) is 4.76. The van der Waals surface area contributed by atoms with Gasteiger partial charge >= 0.3 is 0 Å². The van der Waals surface area contributed by atoms with Gasteiger partial charge in [0.25, 0.3) is 5.56 Å². The van der Waals surface area contributed by atoms with Crippen molar-refractivity contribution in [2.24, 2.45) is 13.0 Å². The number of aryl methyl sites for hydroxylation is 1. The number of nitrogens with two attached hydrogens (primary N) is 1. The zero-order valence-corrected chi connectivity index (χ0v) is 22.8. The van der Waals surface area contributed by atoms with Gasteiger partial charge in [-0.2, -0.15) is 4.98 Å². The highest BCUT2D eigenvalue weighted by Crippen LogP contribution is 2.32. The topological polar surface area (TPSA) is 121 Å². The van der Waals surface area contributed by atoms with E-state index in [4.69, 9.17) is 5.73 Å². The van der Waals surface area contributed by atoms with E-state index in [1.54, 1.807) is 24.7 Å². The molecule has 0 bridgehead atoms. The number of benzene rings is 1. The maximum absolute atomic E-state index is 13.3. The predicted molar refractivity (Wildman–Crippen MR) is 152 cm³/mol. The van der Waals surface area contributed by atoms with Crippen LogP contribution in [0.25, 0.3) is 22.2 Å². The number of nitrogens with zero attached hydrogens (tertiary/aromatic N) is 5. The lowest BCUT2D eigenvalue weighted by Crippen LogP contribution is -2.37. The molecule has 0 saturated carbocycles. The molecule has 198 valence electrons. The molecule has 11 heteroatoms. The third kappa shape index (κ3) is 6.16. The zero-order chi connectivity index (χ0) is 26.5. The summed E-state index contributed by atoms with van der Waals surface area (Å²) >= 11 is 1.45. The van der Waals surface area contributed by atoms with Crippen molar-refractivity contribution in [3.8, 4) is 11.1 Å². The monoisotopic (exact) mass is 524 g/mol. The van der Waals surface area contributed by atoms with Crippen molar-refractivity contribution < 1.29 is 4.79 Å². The van der Waals surface area contributed by atoms with Crippen molar-refractivity contribution in [1.82, 2.24) is 23.7 Å². The molecule has 0 radical (unpaired) electrons. The van der Waals surface area contributed by atoms with Crippen LogP contribution in [-0.2, 0) is 11.8 Å². The molecule has 1 fully saturated rings. The van der Waals surface area contributed by atoms with Gasteiger partial charge in [-0.1, -0.05) is 19.1 Å². The van der Waals surface area contributed by atoms with Crippen molar-refractivity contribution in [2.45, 2.75) is 33.1 Å². The first-order chi connectivity index (χ1) is 17.8. The summed E-state index contributed by atoms with van der Waals surface area (Å²) in [5.74, 6) is 1.23. The number of piperidine rings is 1. The summed E-state index contributed by atoms with van der Waals surface area (Å²) in [5, 5.41) is 4.06. The lowest BCUT2D eigenvalue weighted by atomic mass is 9.93. The minimum Gasteiger partial charge on any atom is -0.397 e. The Labute approximate surface area is 221 Å². The number of pyridine rings is 1. The molecule has 37 heavy (non-hydrogen) atoms. The van der Waals surface area contributed by atoms with Crippen molar-refractivity contribution in [3.05, 3.63) is 40.8 Å². The van der Waals surface area contributed by atoms with Crippen LogP contribution in [0.5, 0.6) is 0 Å². The van der Waals surface area contributed by atoms with Gasteiger partial charge in [0.15, 0.2) is 0 Å². The highest BCUT2D eigenvalue weighted by Gasteiger charge is 2.20. The number of nitrogen functional groups attached to an aromatic ring is 1. The van der Waals surface area contributed by atoms with Crippen molar-refractivity contribution in [3.63, 3.8) is 0 Å². The summed E-state index contributed by atoms with van der Waals surface area (Å²) in [7, 11) is 3.71. The Morgan fingerprint density at radius 2 is 2.03 bits per heavy atom. The summed E-state index contributed by atoms with van der Waals surface area (Å²) in [5.41, 5.74) is 9.31. The maximum atomic E-state index is 13.3. The van der Waals surface area contributed by atoms with Gasteiger partial charge < -0.3 is 20.7 Å². The van der Waals surface area contributed by atoms with E-state index in [9.17, 15) is 9.59 Å². The fraction of sp³-hybridized carbons (Fsp3) is 0.462. The van der Waals surface area contributed by atoms with Gasteiger partial charge in [0.2, 0.25) is 11.9 Å². The van der Waals surface area contributed by atoms with Crippen molar-refractivity contribution in [1.29, 1.82) is 0 Å². The summed E-state index contributed by atoms with van der Waals surface area (Å²) in [6, 6.07) is 7.45. The standard InChI is InChI=1S/C26H36N8O2S/c1-5-32(3)37-31-22-8-6-7-20(23(22)27)21-15-19-16-29-26(30-24(19)33(4)25(21)36)28-12-9-18-10-13-34(14-11-18)17(2)35/h6-8,15-16,18,31H,5,9-14,27H2,1-4H3,(H,28,29,30). The largest absolute Gasteiger partial charge is 0.397 e. The van der Waals surface area contributed by atoms with Gasteiger partial charge in [0.05, 0.1) is 16.9 Å². The van der Waals surface area contributed by atoms with Crippen LogP contribution in [0.3, 0.4) is 0 Å². The first-order valence-electron chi connectivity index (χ1n) is 12.7. The Kier molecular flexibility index (Phi) is 8.55. The van der Waals surface area contributed by atoms with Crippen LogP contribution in [0, 0.1) is 5.92 Å². The molecule has 1 aliphatic rings. The molecule has 2 aromatic heterocycles. The lowest BCUT2D eigenvalue weighted by molar-refractivity contribution is -0.130. The second-order valence-electron chi connectivity index (χ2n) is 9.46. The molecule has 0 atom stereocenters. The zero-order valence-electron chi connectivity index (χ0n) is 22.0. The number of para-hydroxylation sites is 1. The Bertz CT molecular complexity index is 1320. The van der Waals surface area contributed by atoms with Crippen LogP contribution >= 0.6 is 12.1 Å². The van der Waals surface area contributed by atoms with E-state index < -0.39 is 0 Å². The molecule has 0 aliphatic carbocycles. The number of amides is 1. The van der Waals surface area contributed by atoms with E-state index in [1.807, 2.05) is 40.5 Å². The van der Waals surface area contributed by atoms with Gasteiger partial charge in [-0.15, -0.1) is 0 Å². The summed E-state index contributed by atoms with van der Waals surface area (Å²) in [6.45, 7) is 6.97. The molecule has 3 aromatic rings. The third-order valence-electron chi connectivity index (χ3n) is 7.00. The van der Waals surface area contributed by atoms with Crippen molar-refractivity contribution >= 4 is 46.4 Å². The van der Waals surface area contributed by atoms with E-state index in [2.05, 4.69) is 26.9 Å². The molecule has 4 N–H and O–H groups in total. The predicted octanol–water partition coefficient (Wildman–Crippen LogP) is 3.57. The van der Waals surface area contributed by atoms with Crippen molar-refractivity contribution in [2.75, 3.05) is 49.0 Å². The molecule has 4 rings (SSSR count). The molecule has 0 unspecified atom stereocenters. The fourth-order valence-corrected chi connectivity index (χ4v) is 5.09. The number of hydrogen-bond acceptors (Lipinski definition) is 9. The van der Waals surface area contributed by atoms with Crippen LogP contribution in [0.4, 0.5) is 17.3 Å². The first-order valence-corrected chi connectivity index (χ1v) is 13.4. The molecular formula is C26H36N8O2S. The molecule has 1 amide bonds. The highest BCUT2D eigenvalue weighted by atomic mass is 32.2. The van der Waals surface area contributed by atoms with Crippen LogP contribution in [0.15, 0.2) is 35.3 Å². The molecule has 10 nitrogen and oxygen atoms in total. The molecule has 0 spiro atoms. The summed E-state index contributed by atoms with van der Waals surface area (Å²) in [4.78, 5) is 35.9. The quantitative estimate of drug-likeness (QED) is 0.285. The van der Waals surface area contributed by atoms with Crippen LogP contribution in [0.1, 0.15) is 33.1 Å². The van der Waals surface area contributed by atoms with E-state index in [1.165, 1.54) is 12.1 Å². The second kappa shape index (κ2) is 11.8. The van der Waals surface area contributed by atoms with Gasteiger partial charge in [-0.3, -0.25) is 14.2 Å². The van der Waals surface area contributed by atoms with Crippen LogP contribution < -0.4 is 21.3 Å². The van der Waals surface area contributed by atoms with Gasteiger partial charge in [0, 0.05) is 69.4 Å². The lowest BCUT2D eigenvalue weighted by Gasteiger charge is -2.31. The number of nitrogens with one attached hydrogen (secondary N) is 2. The molecular weight excluding hydrogens is 488 g/mol. The highest BCUT2D eigenvalue weighted by molar-refractivity contribution is 7.98. The average molecular weight is 525 g/mol. The van der Waals surface area contributed by atoms with Crippen LogP contribution in [-0.4, -0.2) is 62.9 Å². The second-order valence-corrected chi connectivity index (χ2v) is 10.5. The molecule has 1 saturated heterocycles. The number of carbonyl (C=O) groups is 1. The van der Waals surface area contributed by atoms with E-state index in [-0.39, 0.29) is 11.5 Å². The number of rotatable bonds is 9. The number of likely N-dealkylation sites (tertiary alicyclic amines) is 1. The average Bonchev–Trinajstić information content (AvgIpc) is 2.90. The minimum atomic E-state index is -0.170. The number of anilines is 3. The minimum absolute atomic E-state index is 0.153. The normalized spacial score (nSPS) is 14.4. The van der Waals surface area contributed by atoms with Gasteiger partial charge in [-0.25, -0.2) is 9.29 Å². The Balaban J connectivity index is 1.49. The Hall–Kier alpha value is -3.31. The number of aromatic nitrogens is 3. The SMILES string of the molecule is CCN(C)SNc1cccc(-c2cc3cnc(NCCC4CCN(C(C)=O)CC4)nc3n(C)c2=O)c1N. The maximum Gasteiger partial charge on any atom is 0.259 e.